The van der Waals surface area contributed by atoms with Crippen molar-refractivity contribution in [3.05, 3.63) is 218 Å². The molecule has 64 heavy (non-hydrogen) atoms. The van der Waals surface area contributed by atoms with E-state index in [1.54, 1.807) is 6.20 Å². The molecule has 12 rings (SSSR count). The zero-order valence-corrected chi connectivity index (χ0v) is 35.3. The Labute approximate surface area is 371 Å². The van der Waals surface area contributed by atoms with Crippen LogP contribution >= 0.6 is 0 Å². The molecule has 1 aliphatic carbocycles. The Morgan fingerprint density at radius 3 is 1.39 bits per heavy atom. The molecule has 0 atom stereocenters. The molecule has 1 aliphatic rings. The summed E-state index contributed by atoms with van der Waals surface area (Å²) in [6, 6.07) is 68.2. The van der Waals surface area contributed by atoms with Crippen LogP contribution in [0.25, 0.3) is 112 Å². The van der Waals surface area contributed by atoms with Crippen molar-refractivity contribution in [1.29, 1.82) is 0 Å². The average Bonchev–Trinajstić information content (AvgIpc) is 3.86. The van der Waals surface area contributed by atoms with Gasteiger partial charge in [0.05, 0.1) is 0 Å². The molecule has 0 spiro atoms. The Bertz CT molecular complexity index is 3540. The highest BCUT2D eigenvalue weighted by molar-refractivity contribution is 6.13. The second-order valence-corrected chi connectivity index (χ2v) is 17.0. The van der Waals surface area contributed by atoms with Gasteiger partial charge in [-0.2, -0.15) is 0 Å². The molecule has 5 nitrogen and oxygen atoms in total. The Kier molecular flexibility index (Phi) is 8.76. The number of para-hydroxylation sites is 2. The van der Waals surface area contributed by atoms with E-state index in [4.69, 9.17) is 19.4 Å². The minimum absolute atomic E-state index is 0.153. The van der Waals surface area contributed by atoms with Crippen molar-refractivity contribution in [1.82, 2.24) is 19.9 Å². The lowest BCUT2D eigenvalue weighted by Gasteiger charge is -2.21. The van der Waals surface area contributed by atoms with Crippen molar-refractivity contribution in [2.75, 3.05) is 0 Å². The summed E-state index contributed by atoms with van der Waals surface area (Å²) >= 11 is 0. The van der Waals surface area contributed by atoms with Crippen molar-refractivity contribution in [2.45, 2.75) is 19.3 Å². The van der Waals surface area contributed by atoms with Crippen LogP contribution in [0.15, 0.2) is 211 Å². The van der Waals surface area contributed by atoms with Crippen LogP contribution in [0.4, 0.5) is 0 Å². The minimum atomic E-state index is -0.153. The van der Waals surface area contributed by atoms with Crippen molar-refractivity contribution in [3.63, 3.8) is 0 Å². The molecule has 0 fully saturated rings. The molecule has 3 heterocycles. The first-order chi connectivity index (χ1) is 31.5. The largest absolute Gasteiger partial charge is 0.455 e. The molecule has 0 saturated heterocycles. The Balaban J connectivity index is 0.927. The van der Waals surface area contributed by atoms with Crippen LogP contribution in [0.3, 0.4) is 0 Å². The average molecular weight is 821 g/mol. The van der Waals surface area contributed by atoms with Gasteiger partial charge in [-0.15, -0.1) is 0 Å². The van der Waals surface area contributed by atoms with Gasteiger partial charge in [0.2, 0.25) is 0 Å². The first-order valence-corrected chi connectivity index (χ1v) is 21.7. The predicted octanol–water partition coefficient (Wildman–Crippen LogP) is 15.1. The van der Waals surface area contributed by atoms with E-state index in [9.17, 15) is 0 Å². The molecule has 0 saturated carbocycles. The Morgan fingerprint density at radius 1 is 0.344 bits per heavy atom. The van der Waals surface area contributed by atoms with Crippen LogP contribution in [-0.2, 0) is 5.41 Å². The van der Waals surface area contributed by atoms with E-state index in [-0.39, 0.29) is 5.41 Å². The summed E-state index contributed by atoms with van der Waals surface area (Å²) in [6.07, 6.45) is 3.69. The van der Waals surface area contributed by atoms with Crippen LogP contribution in [0.2, 0.25) is 0 Å². The quantitative estimate of drug-likeness (QED) is 0.160. The summed E-state index contributed by atoms with van der Waals surface area (Å²) < 4.78 is 6.84. The highest BCUT2D eigenvalue weighted by Gasteiger charge is 2.35. The highest BCUT2D eigenvalue weighted by atomic mass is 16.3. The monoisotopic (exact) mass is 820 g/mol. The topological polar surface area (TPSA) is 64.7 Å². The minimum Gasteiger partial charge on any atom is -0.455 e. The summed E-state index contributed by atoms with van der Waals surface area (Å²) in [7, 11) is 0. The summed E-state index contributed by atoms with van der Waals surface area (Å²) in [5.74, 6) is 1.88. The number of aromatic nitrogens is 4. The van der Waals surface area contributed by atoms with Crippen LogP contribution in [0.5, 0.6) is 0 Å². The third-order valence-corrected chi connectivity index (χ3v) is 12.9. The number of pyridine rings is 1. The van der Waals surface area contributed by atoms with Crippen LogP contribution in [0, 0.1) is 0 Å². The van der Waals surface area contributed by atoms with E-state index < -0.39 is 0 Å². The first kappa shape index (κ1) is 37.5. The smallest absolute Gasteiger partial charge is 0.164 e. The second-order valence-electron chi connectivity index (χ2n) is 17.0. The number of hydrogen-bond donors (Lipinski definition) is 0. The lowest BCUT2D eigenvalue weighted by Crippen LogP contribution is -2.15. The maximum atomic E-state index is 6.84. The molecule has 8 aromatic carbocycles. The zero-order chi connectivity index (χ0) is 42.8. The number of benzene rings is 8. The first-order valence-electron chi connectivity index (χ1n) is 21.7. The maximum Gasteiger partial charge on any atom is 0.164 e. The van der Waals surface area contributed by atoms with Crippen molar-refractivity contribution < 1.29 is 4.42 Å². The molecule has 302 valence electrons. The SMILES string of the molecule is CC1(C)c2ccccc2-c2ccc(-c3nc(-c4ccc(-c5ccccc5)cc4)nc(-c4ccc(-c5cccc6c5oc5c(-c7ccc(-c8cccnc8)cc7)cccc56)cc4)n3)cc21. The van der Waals surface area contributed by atoms with Crippen LogP contribution < -0.4 is 0 Å². The van der Waals surface area contributed by atoms with Gasteiger partial charge < -0.3 is 4.42 Å². The van der Waals surface area contributed by atoms with Crippen molar-refractivity contribution >= 4 is 21.9 Å². The van der Waals surface area contributed by atoms with Gasteiger partial charge in [0.15, 0.2) is 17.5 Å². The third-order valence-electron chi connectivity index (χ3n) is 12.9. The van der Waals surface area contributed by atoms with Gasteiger partial charge in [-0.3, -0.25) is 4.98 Å². The van der Waals surface area contributed by atoms with Gasteiger partial charge in [0.25, 0.3) is 0 Å². The van der Waals surface area contributed by atoms with Crippen LogP contribution in [-0.4, -0.2) is 19.9 Å². The molecule has 3 aromatic heterocycles. The summed E-state index contributed by atoms with van der Waals surface area (Å²) in [5.41, 5.74) is 18.3. The number of furan rings is 1. The normalized spacial score (nSPS) is 12.7. The fraction of sp³-hybridized carbons (Fsp3) is 0.0508. The van der Waals surface area contributed by atoms with Gasteiger partial charge in [-0.1, -0.05) is 196 Å². The van der Waals surface area contributed by atoms with E-state index in [1.165, 1.54) is 27.8 Å². The van der Waals surface area contributed by atoms with E-state index in [1.807, 2.05) is 18.3 Å². The van der Waals surface area contributed by atoms with E-state index in [2.05, 4.69) is 201 Å². The lowest BCUT2D eigenvalue weighted by molar-refractivity contribution is 0.660. The molecule has 0 N–H and O–H groups in total. The third kappa shape index (κ3) is 6.32. The van der Waals surface area contributed by atoms with Gasteiger partial charge in [0.1, 0.15) is 11.2 Å². The molecule has 11 aromatic rings. The fourth-order valence-corrected chi connectivity index (χ4v) is 9.50. The molecular formula is C59H40N4O. The summed E-state index contributed by atoms with van der Waals surface area (Å²) in [6.45, 7) is 4.60. The maximum absolute atomic E-state index is 6.84. The van der Waals surface area contributed by atoms with Crippen LogP contribution in [0.1, 0.15) is 25.0 Å². The van der Waals surface area contributed by atoms with Gasteiger partial charge >= 0.3 is 0 Å². The van der Waals surface area contributed by atoms with E-state index in [0.717, 1.165) is 77.6 Å². The van der Waals surface area contributed by atoms with Gasteiger partial charge in [-0.25, -0.2) is 15.0 Å². The summed E-state index contributed by atoms with van der Waals surface area (Å²) in [5, 5.41) is 2.17. The molecule has 0 aliphatic heterocycles. The number of rotatable bonds is 7. The molecular weight excluding hydrogens is 781 g/mol. The van der Waals surface area contributed by atoms with Gasteiger partial charge in [0, 0.05) is 56.4 Å². The fourth-order valence-electron chi connectivity index (χ4n) is 9.50. The highest BCUT2D eigenvalue weighted by Crippen LogP contribution is 2.49. The number of hydrogen-bond acceptors (Lipinski definition) is 5. The molecule has 0 amide bonds. The molecule has 0 unspecified atom stereocenters. The molecule has 5 heteroatoms. The van der Waals surface area contributed by atoms with Gasteiger partial charge in [-0.05, 0) is 67.8 Å². The standard InChI is InChI=1S/C59H40N4O/c1-59(2)52-19-7-6-14-48(52)49-33-32-44(35-53(49)59)58-62-56(42-28-22-38(23-29-42)37-11-4-3-5-12-37)61-57(63-58)43-30-26-41(27-31-43)47-16-9-18-51-50-17-8-15-46(54(50)64-55(47)51)40-24-20-39(21-25-40)45-13-10-34-60-36-45/h3-36H,1-2H3. The van der Waals surface area contributed by atoms with Crippen molar-refractivity contribution in [2.24, 2.45) is 0 Å². The lowest BCUT2D eigenvalue weighted by atomic mass is 9.82. The van der Waals surface area contributed by atoms with E-state index in [0.29, 0.717) is 17.5 Å². The Morgan fingerprint density at radius 2 is 0.797 bits per heavy atom. The van der Waals surface area contributed by atoms with E-state index >= 15 is 0 Å². The number of fused-ring (bicyclic) bond motifs is 6. The second kappa shape index (κ2) is 15.0. The predicted molar refractivity (Wildman–Crippen MR) is 261 cm³/mol. The molecule has 0 bridgehead atoms. The number of nitrogens with zero attached hydrogens (tertiary/aromatic N) is 4. The Hall–Kier alpha value is -8.28. The molecule has 0 radical (unpaired) electrons. The van der Waals surface area contributed by atoms with Crippen molar-refractivity contribution in [3.8, 4) is 89.8 Å². The summed E-state index contributed by atoms with van der Waals surface area (Å²) in [4.78, 5) is 19.8. The zero-order valence-electron chi connectivity index (χ0n) is 35.3.